The van der Waals surface area contributed by atoms with Gasteiger partial charge in [0.2, 0.25) is 5.91 Å². The molecule has 1 aliphatic rings. The number of methoxy groups -OCH3 is 1. The van der Waals surface area contributed by atoms with Gasteiger partial charge in [-0.3, -0.25) is 9.59 Å². The molecule has 0 saturated carbocycles. The molecule has 1 amide bonds. The number of carbonyl (C=O) groups excluding carboxylic acids is 2. The van der Waals surface area contributed by atoms with Crippen molar-refractivity contribution in [3.63, 3.8) is 0 Å². The molecule has 0 aromatic heterocycles. The summed E-state index contributed by atoms with van der Waals surface area (Å²) in [6, 6.07) is 3.96. The number of ether oxygens (including phenoxy) is 1. The lowest BCUT2D eigenvalue weighted by Crippen LogP contribution is -2.37. The summed E-state index contributed by atoms with van der Waals surface area (Å²) in [6.45, 7) is -0.154. The highest BCUT2D eigenvalue weighted by Crippen LogP contribution is 2.31. The normalized spacial score (nSPS) is 15.7. The number of thiocarbonyl (C=S) groups is 1. The van der Waals surface area contributed by atoms with Crippen LogP contribution >= 0.6 is 12.2 Å². The first kappa shape index (κ1) is 17.1. The van der Waals surface area contributed by atoms with Gasteiger partial charge in [0.05, 0.1) is 17.8 Å². The Morgan fingerprint density at radius 1 is 1.43 bits per heavy atom. The lowest BCUT2D eigenvalue weighted by molar-refractivity contribution is -0.118. The number of nitrogens with two attached hydrogens (primary N) is 1. The first-order valence-corrected chi connectivity index (χ1v) is 7.50. The van der Waals surface area contributed by atoms with Crippen molar-refractivity contribution in [2.24, 2.45) is 5.73 Å². The number of hydrogen-bond acceptors (Lipinski definition) is 4. The quantitative estimate of drug-likeness (QED) is 0.852. The third-order valence-electron chi connectivity index (χ3n) is 3.46. The molecule has 0 aliphatic carbocycles. The molecule has 0 atom stereocenters. The maximum atomic E-state index is 13.4. The van der Waals surface area contributed by atoms with Gasteiger partial charge < -0.3 is 15.4 Å². The Kier molecular flexibility index (Phi) is 5.44. The van der Waals surface area contributed by atoms with Crippen LogP contribution in [-0.2, 0) is 9.59 Å². The number of carbonyl (C=O) groups is 2. The molecule has 7 heteroatoms. The van der Waals surface area contributed by atoms with E-state index in [1.165, 1.54) is 36.3 Å². The maximum Gasteiger partial charge on any atom is 0.237 e. The molecule has 0 radical (unpaired) electrons. The highest BCUT2D eigenvalue weighted by Gasteiger charge is 2.24. The lowest BCUT2D eigenvalue weighted by atomic mass is 10.0. The van der Waals surface area contributed by atoms with E-state index in [2.05, 4.69) is 0 Å². The molecule has 2 rings (SSSR count). The zero-order valence-corrected chi connectivity index (χ0v) is 13.5. The van der Waals surface area contributed by atoms with Gasteiger partial charge in [-0.15, -0.1) is 0 Å². The fourth-order valence-corrected chi connectivity index (χ4v) is 2.72. The van der Waals surface area contributed by atoms with E-state index in [0.29, 0.717) is 35.5 Å². The predicted octanol–water partition coefficient (Wildman–Crippen LogP) is 2.04. The molecule has 2 N–H and O–H groups in total. The molecular weight excluding hydrogens is 319 g/mol. The fourth-order valence-electron chi connectivity index (χ4n) is 2.41. The Morgan fingerprint density at radius 2 is 2.17 bits per heavy atom. The largest absolute Gasteiger partial charge is 0.496 e. The highest BCUT2D eigenvalue weighted by atomic mass is 32.1. The number of allylic oxidation sites excluding steroid dienone is 1. The molecule has 23 heavy (non-hydrogen) atoms. The molecule has 0 unspecified atom stereocenters. The number of hydrogen-bond donors (Lipinski definition) is 1. The summed E-state index contributed by atoms with van der Waals surface area (Å²) in [7, 11) is 1.40. The average molecular weight is 336 g/mol. The molecule has 122 valence electrons. The van der Waals surface area contributed by atoms with Crippen molar-refractivity contribution in [2.75, 3.05) is 13.7 Å². The van der Waals surface area contributed by atoms with Gasteiger partial charge in [-0.05, 0) is 25.0 Å². The summed E-state index contributed by atoms with van der Waals surface area (Å²) in [5, 5.41) is 0. The predicted molar refractivity (Wildman–Crippen MR) is 88.3 cm³/mol. The van der Waals surface area contributed by atoms with E-state index in [0.717, 1.165) is 0 Å². The second kappa shape index (κ2) is 7.32. The van der Waals surface area contributed by atoms with Crippen LogP contribution in [0.2, 0.25) is 0 Å². The molecule has 0 bridgehead atoms. The Balaban J connectivity index is 2.59. The first-order valence-electron chi connectivity index (χ1n) is 7.09. The summed E-state index contributed by atoms with van der Waals surface area (Å²) in [5.41, 5.74) is 6.18. The van der Waals surface area contributed by atoms with Crippen LogP contribution in [0, 0.1) is 5.82 Å². The smallest absolute Gasteiger partial charge is 0.237 e. The van der Waals surface area contributed by atoms with Gasteiger partial charge in [0.1, 0.15) is 18.1 Å². The minimum absolute atomic E-state index is 0.0941. The van der Waals surface area contributed by atoms with Crippen molar-refractivity contribution < 1.29 is 18.7 Å². The van der Waals surface area contributed by atoms with Crippen LogP contribution in [0.3, 0.4) is 0 Å². The van der Waals surface area contributed by atoms with Crippen LogP contribution in [0.5, 0.6) is 5.75 Å². The van der Waals surface area contributed by atoms with Gasteiger partial charge in [-0.2, -0.15) is 0 Å². The third-order valence-corrected chi connectivity index (χ3v) is 3.88. The highest BCUT2D eigenvalue weighted by molar-refractivity contribution is 7.80. The van der Waals surface area contributed by atoms with Crippen LogP contribution in [-0.4, -0.2) is 35.2 Å². The third kappa shape index (κ3) is 4.13. The molecule has 0 spiro atoms. The zero-order chi connectivity index (χ0) is 17.0. The zero-order valence-electron chi connectivity index (χ0n) is 12.7. The van der Waals surface area contributed by atoms with Crippen LogP contribution < -0.4 is 10.5 Å². The Morgan fingerprint density at radius 3 is 2.83 bits per heavy atom. The number of amides is 1. The summed E-state index contributed by atoms with van der Waals surface area (Å²) < 4.78 is 18.6. The summed E-state index contributed by atoms with van der Waals surface area (Å²) in [5.74, 6) is -0.884. The van der Waals surface area contributed by atoms with E-state index >= 15 is 0 Å². The van der Waals surface area contributed by atoms with Crippen molar-refractivity contribution >= 4 is 34.6 Å². The fraction of sp³-hybridized carbons (Fsp3) is 0.312. The van der Waals surface area contributed by atoms with Gasteiger partial charge in [-0.25, -0.2) is 4.39 Å². The van der Waals surface area contributed by atoms with E-state index < -0.39 is 11.7 Å². The van der Waals surface area contributed by atoms with Crippen molar-refractivity contribution in [3.05, 3.63) is 35.7 Å². The summed E-state index contributed by atoms with van der Waals surface area (Å²) in [6.07, 6.45) is 2.87. The number of benzene rings is 1. The van der Waals surface area contributed by atoms with Crippen molar-refractivity contribution in [1.29, 1.82) is 0 Å². The van der Waals surface area contributed by atoms with E-state index in [-0.39, 0.29) is 18.1 Å². The van der Waals surface area contributed by atoms with Gasteiger partial charge in [0.15, 0.2) is 5.78 Å². The summed E-state index contributed by atoms with van der Waals surface area (Å²) in [4.78, 5) is 25.5. The second-order valence-electron chi connectivity index (χ2n) is 5.14. The Bertz CT molecular complexity index is 688. The van der Waals surface area contributed by atoms with Crippen molar-refractivity contribution in [3.8, 4) is 5.75 Å². The van der Waals surface area contributed by atoms with Crippen molar-refractivity contribution in [1.82, 2.24) is 4.90 Å². The number of primary amides is 1. The first-order chi connectivity index (χ1) is 10.9. The van der Waals surface area contributed by atoms with Crippen LogP contribution in [0.1, 0.15) is 24.8 Å². The van der Waals surface area contributed by atoms with Gasteiger partial charge in [0, 0.05) is 24.1 Å². The molecule has 0 fully saturated rings. The molecule has 1 aromatic rings. The molecular formula is C16H17FN2O3S. The molecule has 1 aliphatic heterocycles. The van der Waals surface area contributed by atoms with Gasteiger partial charge >= 0.3 is 0 Å². The van der Waals surface area contributed by atoms with E-state index in [4.69, 9.17) is 22.7 Å². The van der Waals surface area contributed by atoms with Crippen LogP contribution in [0.25, 0.3) is 5.70 Å². The van der Waals surface area contributed by atoms with E-state index in [1.54, 1.807) is 0 Å². The van der Waals surface area contributed by atoms with Gasteiger partial charge in [-0.1, -0.05) is 12.2 Å². The molecule has 1 aromatic carbocycles. The minimum Gasteiger partial charge on any atom is -0.496 e. The van der Waals surface area contributed by atoms with Crippen LogP contribution in [0.4, 0.5) is 4.39 Å². The van der Waals surface area contributed by atoms with Crippen molar-refractivity contribution in [2.45, 2.75) is 19.3 Å². The summed E-state index contributed by atoms with van der Waals surface area (Å²) >= 11 is 5.36. The molecule has 1 heterocycles. The van der Waals surface area contributed by atoms with Gasteiger partial charge in [0.25, 0.3) is 0 Å². The number of rotatable bonds is 4. The molecule has 5 nitrogen and oxygen atoms in total. The Labute approximate surface area is 138 Å². The van der Waals surface area contributed by atoms with E-state index in [1.807, 2.05) is 0 Å². The second-order valence-corrected chi connectivity index (χ2v) is 5.61. The molecule has 0 saturated heterocycles. The standard InChI is InChI=1S/C16H17FN2O3S/c1-22-14-7-10(17)5-6-12(14)13-8-11(20)3-2-4-16(23)19(13)9-15(18)21/h5-8H,2-4,9H2,1H3,(H2,18,21). The number of nitrogens with zero attached hydrogens (tertiary/aromatic N) is 1. The monoisotopic (exact) mass is 336 g/mol. The SMILES string of the molecule is COc1cc(F)ccc1C1=CC(=O)CCCC(=S)N1CC(N)=O. The van der Waals surface area contributed by atoms with Crippen LogP contribution in [0.15, 0.2) is 24.3 Å². The maximum absolute atomic E-state index is 13.4. The average Bonchev–Trinajstić information content (AvgIpc) is 2.49. The minimum atomic E-state index is -0.577. The Hall–Kier alpha value is -2.28. The number of ketones is 1. The number of halogens is 1. The van der Waals surface area contributed by atoms with E-state index in [9.17, 15) is 14.0 Å². The topological polar surface area (TPSA) is 72.6 Å². The lowest BCUT2D eigenvalue weighted by Gasteiger charge is -2.29.